The van der Waals surface area contributed by atoms with E-state index >= 15 is 0 Å². The van der Waals surface area contributed by atoms with E-state index in [2.05, 4.69) is 41.8 Å². The zero-order chi connectivity index (χ0) is 6.41. The maximum atomic E-state index is 3.29. The third-order valence-corrected chi connectivity index (χ3v) is 2.38. The minimum Gasteiger partial charge on any atom is -0.316 e. The summed E-state index contributed by atoms with van der Waals surface area (Å²) in [6.45, 7) is 6.61. The Balaban J connectivity index is 2.86. The molecule has 0 unspecified atom stereocenters. The van der Waals surface area contributed by atoms with Crippen LogP contribution < -0.4 is 5.32 Å². The van der Waals surface area contributed by atoms with Gasteiger partial charge in [-0.3, -0.25) is 0 Å². The molecular formula is C6H14IN. The van der Waals surface area contributed by atoms with E-state index in [0.29, 0.717) is 0 Å². The molecule has 0 aliphatic carbocycles. The molecule has 2 heteroatoms. The molecular weight excluding hydrogens is 213 g/mol. The predicted octanol–water partition coefficient (Wildman–Crippen LogP) is 1.81. The van der Waals surface area contributed by atoms with Crippen molar-refractivity contribution in [2.24, 2.45) is 0 Å². The highest BCUT2D eigenvalue weighted by atomic mass is 127. The van der Waals surface area contributed by atoms with Gasteiger partial charge < -0.3 is 5.32 Å². The maximum Gasteiger partial charge on any atom is 0.0232 e. The molecule has 0 aromatic carbocycles. The molecule has 0 aliphatic heterocycles. The Labute approximate surface area is 65.4 Å². The summed E-state index contributed by atoms with van der Waals surface area (Å²) in [5.41, 5.74) is 0. The number of hydrogen-bond acceptors (Lipinski definition) is 1. The van der Waals surface area contributed by atoms with Crippen molar-refractivity contribution in [3.05, 3.63) is 0 Å². The summed E-state index contributed by atoms with van der Waals surface area (Å²) < 4.78 is 0.813. The van der Waals surface area contributed by atoms with Crippen LogP contribution in [0.5, 0.6) is 0 Å². The summed E-state index contributed by atoms with van der Waals surface area (Å²) in [7, 11) is 0. The number of hydrogen-bond donors (Lipinski definition) is 1. The molecule has 0 aromatic rings. The first-order chi connectivity index (χ1) is 3.81. The smallest absolute Gasteiger partial charge is 0.0232 e. The average Bonchev–Trinajstić information content (AvgIpc) is 1.83. The number of nitrogens with one attached hydrogen (secondary N) is 1. The lowest BCUT2D eigenvalue weighted by Gasteiger charge is -2.04. The molecule has 0 saturated carbocycles. The minimum atomic E-state index is 0.813. The number of alkyl halides is 1. The third-order valence-electron chi connectivity index (χ3n) is 1.06. The van der Waals surface area contributed by atoms with E-state index < -0.39 is 0 Å². The minimum absolute atomic E-state index is 0.813. The fourth-order valence-corrected chi connectivity index (χ4v) is 0.757. The van der Waals surface area contributed by atoms with Crippen LogP contribution in [-0.4, -0.2) is 17.0 Å². The fourth-order valence-electron chi connectivity index (χ4n) is 0.445. The van der Waals surface area contributed by atoms with Gasteiger partial charge in [0.25, 0.3) is 0 Å². The van der Waals surface area contributed by atoms with Crippen LogP contribution in [0.3, 0.4) is 0 Å². The highest BCUT2D eigenvalue weighted by molar-refractivity contribution is 14.1. The molecule has 0 spiro atoms. The Morgan fingerprint density at radius 1 is 1.50 bits per heavy atom. The van der Waals surface area contributed by atoms with Crippen molar-refractivity contribution in [3.63, 3.8) is 0 Å². The number of rotatable bonds is 4. The van der Waals surface area contributed by atoms with Gasteiger partial charge in [0.15, 0.2) is 0 Å². The van der Waals surface area contributed by atoms with E-state index in [1.807, 2.05) is 0 Å². The quantitative estimate of drug-likeness (QED) is 0.570. The van der Waals surface area contributed by atoms with Crippen molar-refractivity contribution in [2.75, 3.05) is 13.1 Å². The van der Waals surface area contributed by atoms with Gasteiger partial charge in [-0.2, -0.15) is 0 Å². The van der Waals surface area contributed by atoms with E-state index in [4.69, 9.17) is 0 Å². The van der Waals surface area contributed by atoms with Crippen LogP contribution >= 0.6 is 22.6 Å². The van der Waals surface area contributed by atoms with Crippen molar-refractivity contribution in [3.8, 4) is 0 Å². The molecule has 0 radical (unpaired) electrons. The van der Waals surface area contributed by atoms with E-state index in [1.165, 1.54) is 6.42 Å². The van der Waals surface area contributed by atoms with Crippen LogP contribution in [0.4, 0.5) is 0 Å². The van der Waals surface area contributed by atoms with Crippen LogP contribution in [0.2, 0.25) is 0 Å². The summed E-state index contributed by atoms with van der Waals surface area (Å²) in [5.74, 6) is 0. The summed E-state index contributed by atoms with van der Waals surface area (Å²) in [6.07, 6.45) is 1.27. The summed E-state index contributed by atoms with van der Waals surface area (Å²) in [5, 5.41) is 3.29. The lowest BCUT2D eigenvalue weighted by atomic mass is 10.3. The second-order valence-electron chi connectivity index (χ2n) is 1.81. The topological polar surface area (TPSA) is 12.0 Å². The monoisotopic (exact) mass is 227 g/mol. The first kappa shape index (κ1) is 8.69. The van der Waals surface area contributed by atoms with Crippen molar-refractivity contribution >= 4 is 22.6 Å². The van der Waals surface area contributed by atoms with Crippen molar-refractivity contribution in [1.29, 1.82) is 0 Å². The Kier molecular flexibility index (Phi) is 6.32. The van der Waals surface area contributed by atoms with Gasteiger partial charge in [0, 0.05) is 10.5 Å². The molecule has 0 amide bonds. The zero-order valence-electron chi connectivity index (χ0n) is 5.58. The molecule has 1 N–H and O–H groups in total. The molecule has 1 atom stereocenters. The molecule has 0 bridgehead atoms. The Hall–Kier alpha value is 0.690. The van der Waals surface area contributed by atoms with Crippen LogP contribution in [0.25, 0.3) is 0 Å². The SMILES string of the molecule is CCNC[C@H](I)CC. The van der Waals surface area contributed by atoms with E-state index in [0.717, 1.165) is 17.0 Å². The number of halogens is 1. The van der Waals surface area contributed by atoms with Gasteiger partial charge in [-0.1, -0.05) is 36.4 Å². The van der Waals surface area contributed by atoms with Gasteiger partial charge in [0.1, 0.15) is 0 Å². The highest BCUT2D eigenvalue weighted by Crippen LogP contribution is 2.01. The Morgan fingerprint density at radius 3 is 2.50 bits per heavy atom. The first-order valence-electron chi connectivity index (χ1n) is 3.16. The second kappa shape index (κ2) is 5.82. The summed E-state index contributed by atoms with van der Waals surface area (Å²) in [4.78, 5) is 0. The van der Waals surface area contributed by atoms with Crippen LogP contribution in [0.1, 0.15) is 20.3 Å². The highest BCUT2D eigenvalue weighted by Gasteiger charge is 1.95. The van der Waals surface area contributed by atoms with Crippen LogP contribution in [0.15, 0.2) is 0 Å². The largest absolute Gasteiger partial charge is 0.316 e. The fraction of sp³-hybridized carbons (Fsp3) is 1.00. The molecule has 0 fully saturated rings. The molecule has 8 heavy (non-hydrogen) atoms. The van der Waals surface area contributed by atoms with Crippen molar-refractivity contribution < 1.29 is 0 Å². The molecule has 0 saturated heterocycles. The van der Waals surface area contributed by atoms with Gasteiger partial charge >= 0.3 is 0 Å². The zero-order valence-corrected chi connectivity index (χ0v) is 7.73. The maximum absolute atomic E-state index is 3.29. The van der Waals surface area contributed by atoms with Gasteiger partial charge in [0.2, 0.25) is 0 Å². The molecule has 0 aromatic heterocycles. The lowest BCUT2D eigenvalue weighted by molar-refractivity contribution is 0.689. The summed E-state index contributed by atoms with van der Waals surface area (Å²) >= 11 is 2.47. The van der Waals surface area contributed by atoms with E-state index in [9.17, 15) is 0 Å². The molecule has 50 valence electrons. The average molecular weight is 227 g/mol. The first-order valence-corrected chi connectivity index (χ1v) is 4.40. The Morgan fingerprint density at radius 2 is 2.12 bits per heavy atom. The molecule has 0 rings (SSSR count). The van der Waals surface area contributed by atoms with Crippen molar-refractivity contribution in [1.82, 2.24) is 5.32 Å². The Bertz CT molecular complexity index is 47.8. The normalized spacial score (nSPS) is 13.9. The van der Waals surface area contributed by atoms with Crippen LogP contribution in [-0.2, 0) is 0 Å². The predicted molar refractivity (Wildman–Crippen MR) is 46.6 cm³/mol. The van der Waals surface area contributed by atoms with E-state index in [-0.39, 0.29) is 0 Å². The van der Waals surface area contributed by atoms with E-state index in [1.54, 1.807) is 0 Å². The van der Waals surface area contributed by atoms with Crippen molar-refractivity contribution in [2.45, 2.75) is 24.2 Å². The van der Waals surface area contributed by atoms with Gasteiger partial charge in [-0.05, 0) is 13.0 Å². The van der Waals surface area contributed by atoms with Crippen LogP contribution in [0, 0.1) is 0 Å². The molecule has 0 aliphatic rings. The summed E-state index contributed by atoms with van der Waals surface area (Å²) in [6, 6.07) is 0. The molecule has 0 heterocycles. The van der Waals surface area contributed by atoms with Gasteiger partial charge in [-0.25, -0.2) is 0 Å². The lowest BCUT2D eigenvalue weighted by Crippen LogP contribution is -2.21. The standard InChI is InChI=1S/C6H14IN/c1-3-6(7)5-8-4-2/h6,8H,3-5H2,1-2H3/t6-/m1/s1. The second-order valence-corrected chi connectivity index (χ2v) is 3.57. The third kappa shape index (κ3) is 4.84. The van der Waals surface area contributed by atoms with Gasteiger partial charge in [0.05, 0.1) is 0 Å². The van der Waals surface area contributed by atoms with Gasteiger partial charge in [-0.15, -0.1) is 0 Å². The molecule has 1 nitrogen and oxygen atoms in total.